The Kier molecular flexibility index (Phi) is 7.24. The Balaban J connectivity index is 1.39. The van der Waals surface area contributed by atoms with E-state index in [0.717, 1.165) is 46.2 Å². The Labute approximate surface area is 249 Å². The minimum atomic E-state index is -4.66. The zero-order valence-corrected chi connectivity index (χ0v) is 23.7. The molecular weight excluding hydrogens is 611 g/mol. The molecule has 1 N–H and O–H groups in total. The van der Waals surface area contributed by atoms with Gasteiger partial charge in [-0.3, -0.25) is 23.7 Å². The van der Waals surface area contributed by atoms with Crippen LogP contribution in [-0.4, -0.2) is 27.5 Å². The van der Waals surface area contributed by atoms with E-state index in [-0.39, 0.29) is 12.2 Å². The molecule has 3 heterocycles. The van der Waals surface area contributed by atoms with E-state index in [0.29, 0.717) is 26.2 Å². The molecule has 13 heteroatoms. The summed E-state index contributed by atoms with van der Waals surface area (Å²) in [6, 6.07) is 19.4. The highest BCUT2D eigenvalue weighted by Gasteiger charge is 2.57. The van der Waals surface area contributed by atoms with Gasteiger partial charge in [0.25, 0.3) is 0 Å². The lowest BCUT2D eigenvalue weighted by atomic mass is 9.83. The lowest BCUT2D eigenvalue weighted by Gasteiger charge is -2.30. The van der Waals surface area contributed by atoms with Crippen LogP contribution in [0.5, 0.6) is 0 Å². The number of nitrogens with zero attached hydrogens (tertiary/aromatic N) is 2. The lowest BCUT2D eigenvalue weighted by molar-refractivity contribution is -0.137. The summed E-state index contributed by atoms with van der Waals surface area (Å²) in [7, 11) is 0. The molecule has 3 unspecified atom stereocenters. The first kappa shape index (κ1) is 28.3. The Morgan fingerprint density at radius 2 is 1.64 bits per heavy atom. The molecule has 2 aliphatic heterocycles. The van der Waals surface area contributed by atoms with Crippen LogP contribution in [0.25, 0.3) is 0 Å². The molecule has 1 aromatic heterocycles. The maximum absolute atomic E-state index is 13.9. The number of hydrogen-bond donors (Lipinski definition) is 1. The average molecular weight is 630 g/mol. The number of alkyl halides is 3. The number of amides is 3. The summed E-state index contributed by atoms with van der Waals surface area (Å²) < 4.78 is 41.6. The van der Waals surface area contributed by atoms with E-state index in [4.69, 9.17) is 11.6 Å². The average Bonchev–Trinajstić information content (AvgIpc) is 3.40. The molecule has 3 amide bonds. The Morgan fingerprint density at radius 1 is 0.929 bits per heavy atom. The van der Waals surface area contributed by atoms with Gasteiger partial charge in [-0.1, -0.05) is 71.1 Å². The minimum absolute atomic E-state index is 0.176. The summed E-state index contributed by atoms with van der Waals surface area (Å²) in [5.41, 5.74) is -0.0167. The van der Waals surface area contributed by atoms with Crippen molar-refractivity contribution in [2.24, 2.45) is 5.92 Å². The van der Waals surface area contributed by atoms with Crippen LogP contribution in [0.2, 0.25) is 5.02 Å². The normalized spacial score (nSPS) is 19.9. The summed E-state index contributed by atoms with van der Waals surface area (Å²) in [5.74, 6) is -3.52. The largest absolute Gasteiger partial charge is 0.416 e. The quantitative estimate of drug-likeness (QED) is 0.273. The van der Waals surface area contributed by atoms with E-state index >= 15 is 0 Å². The molecule has 6 rings (SSSR count). The highest BCUT2D eigenvalue weighted by Crippen LogP contribution is 2.54. The third-order valence-electron chi connectivity index (χ3n) is 7.07. The number of thioether (sulfide) groups is 1. The standard InChI is InChI=1S/C29H19ClF3N3O4S2/c30-17-9-11-18(12-10-17)34-20(37)14-35-27-24(42-28(35)40)21(15-5-2-1-3-6-15)22-23(41-27)26(39)36(25(22)38)19-8-4-7-16(13-19)29(31,32)33/h1-13,21-23H,14H2,(H,34,37). The molecule has 0 spiro atoms. The van der Waals surface area contributed by atoms with Gasteiger partial charge in [0.15, 0.2) is 0 Å². The minimum Gasteiger partial charge on any atom is -0.325 e. The second-order valence-electron chi connectivity index (χ2n) is 9.69. The van der Waals surface area contributed by atoms with Gasteiger partial charge < -0.3 is 5.32 Å². The van der Waals surface area contributed by atoms with Crippen molar-refractivity contribution >= 4 is 63.8 Å². The van der Waals surface area contributed by atoms with E-state index < -0.39 is 51.4 Å². The van der Waals surface area contributed by atoms with Gasteiger partial charge >= 0.3 is 11.0 Å². The Morgan fingerprint density at radius 3 is 2.33 bits per heavy atom. The maximum Gasteiger partial charge on any atom is 0.416 e. The topological polar surface area (TPSA) is 88.5 Å². The number of nitrogens with one attached hydrogen (secondary N) is 1. The molecule has 0 aliphatic carbocycles. The van der Waals surface area contributed by atoms with Crippen molar-refractivity contribution in [2.45, 2.75) is 28.9 Å². The molecule has 4 aromatic rings. The van der Waals surface area contributed by atoms with E-state index in [1.54, 1.807) is 54.6 Å². The van der Waals surface area contributed by atoms with E-state index in [2.05, 4.69) is 5.32 Å². The summed E-state index contributed by atoms with van der Waals surface area (Å²) in [6.07, 6.45) is -4.66. The second-order valence-corrected chi connectivity index (χ2v) is 12.3. The predicted molar refractivity (Wildman–Crippen MR) is 154 cm³/mol. The molecule has 0 radical (unpaired) electrons. The molecule has 1 saturated heterocycles. The van der Waals surface area contributed by atoms with Gasteiger partial charge in [0.05, 0.1) is 22.2 Å². The smallest absolute Gasteiger partial charge is 0.325 e. The molecule has 3 atom stereocenters. The van der Waals surface area contributed by atoms with E-state index in [9.17, 15) is 32.3 Å². The van der Waals surface area contributed by atoms with Crippen molar-refractivity contribution in [1.29, 1.82) is 0 Å². The van der Waals surface area contributed by atoms with Gasteiger partial charge in [0.1, 0.15) is 11.8 Å². The Bertz CT molecular complexity index is 1770. The van der Waals surface area contributed by atoms with Crippen LogP contribution in [0.1, 0.15) is 21.9 Å². The number of rotatable bonds is 5. The summed E-state index contributed by atoms with van der Waals surface area (Å²) in [4.78, 5) is 54.6. The third-order valence-corrected chi connectivity index (χ3v) is 9.93. The number of hydrogen-bond acceptors (Lipinski definition) is 6. The molecule has 2 aliphatic rings. The number of carbonyl (C=O) groups excluding carboxylic acids is 3. The number of benzene rings is 3. The SMILES string of the molecule is O=C(Cn1c2c(sc1=O)C(c1ccccc1)C1C(=O)N(c3cccc(C(F)(F)F)c3)C(=O)C1S2)Nc1ccc(Cl)cc1. The van der Waals surface area contributed by atoms with Crippen LogP contribution >= 0.6 is 34.7 Å². The predicted octanol–water partition coefficient (Wildman–Crippen LogP) is 6.02. The molecule has 3 aromatic carbocycles. The Hall–Kier alpha value is -3.87. The van der Waals surface area contributed by atoms with Gasteiger partial charge in [0.2, 0.25) is 17.7 Å². The fourth-order valence-corrected chi connectivity index (χ4v) is 8.13. The highest BCUT2D eigenvalue weighted by molar-refractivity contribution is 8.00. The van der Waals surface area contributed by atoms with Crippen LogP contribution in [0.4, 0.5) is 24.5 Å². The number of thiazole rings is 1. The number of carbonyl (C=O) groups is 3. The van der Waals surface area contributed by atoms with Crippen molar-refractivity contribution in [3.05, 3.63) is 110 Å². The first-order chi connectivity index (χ1) is 20.0. The number of halogens is 4. The monoisotopic (exact) mass is 629 g/mol. The number of aromatic nitrogens is 1. The fraction of sp³-hybridized carbons (Fsp3) is 0.172. The molecular formula is C29H19ClF3N3O4S2. The van der Waals surface area contributed by atoms with Gasteiger partial charge in [-0.25, -0.2) is 4.90 Å². The molecule has 42 heavy (non-hydrogen) atoms. The zero-order chi connectivity index (χ0) is 29.8. The molecule has 7 nitrogen and oxygen atoms in total. The van der Waals surface area contributed by atoms with Crippen LogP contribution in [-0.2, 0) is 27.1 Å². The fourth-order valence-electron chi connectivity index (χ4n) is 5.23. The van der Waals surface area contributed by atoms with Gasteiger partial charge in [0, 0.05) is 21.5 Å². The van der Waals surface area contributed by atoms with Gasteiger partial charge in [-0.05, 0) is 48.0 Å². The summed E-state index contributed by atoms with van der Waals surface area (Å²) in [5, 5.41) is 2.55. The van der Waals surface area contributed by atoms with Crippen molar-refractivity contribution in [1.82, 2.24) is 4.57 Å². The molecule has 0 saturated carbocycles. The lowest BCUT2D eigenvalue weighted by Crippen LogP contribution is -2.33. The second kappa shape index (κ2) is 10.8. The zero-order valence-electron chi connectivity index (χ0n) is 21.3. The van der Waals surface area contributed by atoms with Gasteiger partial charge in [-0.15, -0.1) is 0 Å². The van der Waals surface area contributed by atoms with E-state index in [1.165, 1.54) is 10.6 Å². The van der Waals surface area contributed by atoms with Crippen molar-refractivity contribution in [3.63, 3.8) is 0 Å². The van der Waals surface area contributed by atoms with Crippen LogP contribution in [0, 0.1) is 5.92 Å². The number of imide groups is 1. The van der Waals surface area contributed by atoms with Gasteiger partial charge in [-0.2, -0.15) is 13.2 Å². The third kappa shape index (κ3) is 5.03. The van der Waals surface area contributed by atoms with Crippen LogP contribution in [0.3, 0.4) is 0 Å². The first-order valence-corrected chi connectivity index (χ1v) is 14.7. The number of fused-ring (bicyclic) bond motifs is 2. The molecule has 214 valence electrons. The van der Waals surface area contributed by atoms with E-state index in [1.807, 2.05) is 0 Å². The molecule has 1 fully saturated rings. The van der Waals surface area contributed by atoms with Crippen molar-refractivity contribution in [3.8, 4) is 0 Å². The van der Waals surface area contributed by atoms with Crippen molar-refractivity contribution in [2.75, 3.05) is 10.2 Å². The van der Waals surface area contributed by atoms with Crippen LogP contribution in [0.15, 0.2) is 88.7 Å². The molecule has 0 bridgehead atoms. The number of anilines is 2. The summed E-state index contributed by atoms with van der Waals surface area (Å²) in [6.45, 7) is -0.349. The first-order valence-electron chi connectivity index (χ1n) is 12.6. The van der Waals surface area contributed by atoms with Crippen molar-refractivity contribution < 1.29 is 27.6 Å². The maximum atomic E-state index is 13.9. The summed E-state index contributed by atoms with van der Waals surface area (Å²) >= 11 is 7.78. The van der Waals surface area contributed by atoms with Crippen LogP contribution < -0.4 is 15.1 Å². The highest BCUT2D eigenvalue weighted by atomic mass is 35.5.